The lowest BCUT2D eigenvalue weighted by Crippen LogP contribution is -2.25. The molecule has 0 aromatic heterocycles. The van der Waals surface area contributed by atoms with Gasteiger partial charge in [0.1, 0.15) is 5.75 Å². The van der Waals surface area contributed by atoms with Gasteiger partial charge in [-0.25, -0.2) is 0 Å². The van der Waals surface area contributed by atoms with E-state index < -0.39 is 5.97 Å². The maximum atomic E-state index is 12.3. The van der Waals surface area contributed by atoms with Gasteiger partial charge in [0.2, 0.25) is 0 Å². The van der Waals surface area contributed by atoms with E-state index in [1.165, 1.54) is 0 Å². The number of allylic oxidation sites excluding steroid dienone is 1. The van der Waals surface area contributed by atoms with Crippen molar-refractivity contribution in [1.29, 1.82) is 0 Å². The molecule has 0 aliphatic rings. The summed E-state index contributed by atoms with van der Waals surface area (Å²) in [6, 6.07) is 23.8. The molecule has 4 aromatic carbocycles. The van der Waals surface area contributed by atoms with Gasteiger partial charge < -0.3 is 26.6 Å². The zero-order valence-corrected chi connectivity index (χ0v) is 23.5. The lowest BCUT2D eigenvalue weighted by Gasteiger charge is -2.13. The maximum absolute atomic E-state index is 12.3. The number of benzene rings is 4. The fraction of sp³-hybridized carbons (Fsp3) is 0.156. The molecule has 8 nitrogen and oxygen atoms in total. The minimum absolute atomic E-state index is 0.0589. The topological polar surface area (TPSA) is 140 Å². The minimum Gasteiger partial charge on any atom is -0.497 e. The van der Waals surface area contributed by atoms with Gasteiger partial charge in [0, 0.05) is 34.6 Å². The van der Waals surface area contributed by atoms with Crippen LogP contribution in [0.25, 0.3) is 16.5 Å². The molecular formula is C32H31ClN4O4. The molecule has 0 fully saturated rings. The average Bonchev–Trinajstić information content (AvgIpc) is 2.97. The number of nitrogens with two attached hydrogens (primary N) is 2. The monoisotopic (exact) mass is 570 g/mol. The Morgan fingerprint density at radius 1 is 1.00 bits per heavy atom. The molecule has 210 valence electrons. The van der Waals surface area contributed by atoms with Crippen molar-refractivity contribution in [2.45, 2.75) is 19.4 Å². The third-order valence-electron chi connectivity index (χ3n) is 6.55. The van der Waals surface area contributed by atoms with Crippen molar-refractivity contribution in [2.24, 2.45) is 10.7 Å². The Morgan fingerprint density at radius 3 is 2.39 bits per heavy atom. The molecule has 0 heterocycles. The molecule has 1 unspecified atom stereocenters. The third-order valence-corrected chi connectivity index (χ3v) is 6.88. The van der Waals surface area contributed by atoms with E-state index in [9.17, 15) is 9.59 Å². The van der Waals surface area contributed by atoms with Crippen LogP contribution in [0.5, 0.6) is 5.75 Å². The Kier molecular flexibility index (Phi) is 9.26. The highest BCUT2D eigenvalue weighted by molar-refractivity contribution is 6.32. The average molecular weight is 571 g/mol. The number of anilines is 1. The number of carboxylic acid groups (broad SMARTS) is 1. The normalized spacial score (nSPS) is 12.7. The Balaban J connectivity index is 1.69. The van der Waals surface area contributed by atoms with E-state index in [0.717, 1.165) is 27.6 Å². The number of ether oxygens (including phenoxy) is 1. The Hall–Kier alpha value is -4.82. The Bertz CT molecular complexity index is 1650. The maximum Gasteiger partial charge on any atom is 0.305 e. The molecule has 0 saturated heterocycles. The summed E-state index contributed by atoms with van der Waals surface area (Å²) >= 11 is 6.43. The number of aliphatic carboxylic acids is 1. The molecule has 1 amide bonds. The number of fused-ring (bicyclic) bond motifs is 1. The van der Waals surface area contributed by atoms with Crippen LogP contribution in [0.2, 0.25) is 5.02 Å². The molecular weight excluding hydrogens is 540 g/mol. The zero-order chi connectivity index (χ0) is 29.5. The first-order valence-electron chi connectivity index (χ1n) is 12.9. The summed E-state index contributed by atoms with van der Waals surface area (Å²) < 4.78 is 5.35. The van der Waals surface area contributed by atoms with E-state index in [4.69, 9.17) is 37.9 Å². The van der Waals surface area contributed by atoms with Crippen LogP contribution in [0.15, 0.2) is 89.9 Å². The molecule has 4 aromatic rings. The van der Waals surface area contributed by atoms with E-state index >= 15 is 0 Å². The van der Waals surface area contributed by atoms with Crippen molar-refractivity contribution in [1.82, 2.24) is 5.32 Å². The SMILES string of the molecule is COc1ccc2cc(C(C=C(N)c3cc(N)ccc3Cl)=NC(C)c3ccc(C(=O)NCCC(=O)O)cc3)ccc2c1. The van der Waals surface area contributed by atoms with Crippen LogP contribution in [0.3, 0.4) is 0 Å². The first kappa shape index (κ1) is 29.2. The summed E-state index contributed by atoms with van der Waals surface area (Å²) in [4.78, 5) is 28.1. The van der Waals surface area contributed by atoms with Gasteiger partial charge in [0.05, 0.1) is 30.3 Å². The number of hydrogen-bond donors (Lipinski definition) is 4. The number of carbonyl (C=O) groups is 2. The highest BCUT2D eigenvalue weighted by Crippen LogP contribution is 2.27. The van der Waals surface area contributed by atoms with Crippen molar-refractivity contribution in [3.05, 3.63) is 112 Å². The summed E-state index contributed by atoms with van der Waals surface area (Å²) in [6.45, 7) is 2.01. The minimum atomic E-state index is -0.970. The Morgan fingerprint density at radius 2 is 1.68 bits per heavy atom. The zero-order valence-electron chi connectivity index (χ0n) is 22.7. The lowest BCUT2D eigenvalue weighted by molar-refractivity contribution is -0.136. The van der Waals surface area contributed by atoms with Crippen LogP contribution in [0, 0.1) is 0 Å². The molecule has 0 radical (unpaired) electrons. The van der Waals surface area contributed by atoms with Gasteiger partial charge in [-0.1, -0.05) is 41.9 Å². The van der Waals surface area contributed by atoms with Crippen LogP contribution >= 0.6 is 11.6 Å². The molecule has 1 atom stereocenters. The van der Waals surface area contributed by atoms with Gasteiger partial charge in [0.25, 0.3) is 5.91 Å². The molecule has 0 saturated carbocycles. The van der Waals surface area contributed by atoms with Crippen LogP contribution in [0.4, 0.5) is 5.69 Å². The van der Waals surface area contributed by atoms with Gasteiger partial charge in [-0.2, -0.15) is 0 Å². The van der Waals surface area contributed by atoms with Crippen molar-refractivity contribution in [2.75, 3.05) is 19.4 Å². The lowest BCUT2D eigenvalue weighted by atomic mass is 10.0. The summed E-state index contributed by atoms with van der Waals surface area (Å²) in [5.74, 6) is -0.536. The summed E-state index contributed by atoms with van der Waals surface area (Å²) in [6.07, 6.45) is 1.64. The van der Waals surface area contributed by atoms with E-state index in [2.05, 4.69) is 5.32 Å². The molecule has 4 rings (SSSR count). The first-order valence-corrected chi connectivity index (χ1v) is 13.3. The summed E-state index contributed by atoms with van der Waals surface area (Å²) in [5, 5.41) is 13.9. The second-order valence-corrected chi connectivity index (χ2v) is 9.89. The van der Waals surface area contributed by atoms with Crippen LogP contribution in [-0.2, 0) is 4.79 Å². The van der Waals surface area contributed by atoms with Crippen LogP contribution in [0.1, 0.15) is 46.4 Å². The third kappa shape index (κ3) is 7.43. The van der Waals surface area contributed by atoms with Crippen LogP contribution < -0.4 is 21.5 Å². The number of carbonyl (C=O) groups excluding carboxylic acids is 1. The number of nitrogens with one attached hydrogen (secondary N) is 1. The number of methoxy groups -OCH3 is 1. The van der Waals surface area contributed by atoms with E-state index in [0.29, 0.717) is 33.2 Å². The van der Waals surface area contributed by atoms with Gasteiger partial charge in [-0.15, -0.1) is 0 Å². The summed E-state index contributed by atoms with van der Waals surface area (Å²) in [7, 11) is 1.63. The molecule has 0 aliphatic heterocycles. The molecule has 0 bridgehead atoms. The number of rotatable bonds is 10. The number of halogens is 1. The van der Waals surface area contributed by atoms with E-state index in [1.54, 1.807) is 43.5 Å². The number of hydrogen-bond acceptors (Lipinski definition) is 6. The smallest absolute Gasteiger partial charge is 0.305 e. The molecule has 9 heteroatoms. The molecule has 41 heavy (non-hydrogen) atoms. The predicted octanol–water partition coefficient (Wildman–Crippen LogP) is 5.84. The Labute approximate surface area is 243 Å². The number of nitrogens with zero attached hydrogens (tertiary/aromatic N) is 1. The highest BCUT2D eigenvalue weighted by atomic mass is 35.5. The fourth-order valence-corrected chi connectivity index (χ4v) is 4.50. The molecule has 0 spiro atoms. The number of nitrogen functional groups attached to an aromatic ring is 1. The number of aliphatic imine (C=N–C) groups is 1. The molecule has 6 N–H and O–H groups in total. The first-order chi connectivity index (χ1) is 19.6. The molecule has 0 aliphatic carbocycles. The van der Waals surface area contributed by atoms with E-state index in [1.807, 2.05) is 55.5 Å². The second-order valence-electron chi connectivity index (χ2n) is 9.48. The quantitative estimate of drug-likeness (QED) is 0.139. The van der Waals surface area contributed by atoms with Crippen molar-refractivity contribution in [3.63, 3.8) is 0 Å². The van der Waals surface area contributed by atoms with Crippen molar-refractivity contribution < 1.29 is 19.4 Å². The predicted molar refractivity (Wildman–Crippen MR) is 165 cm³/mol. The number of carboxylic acids is 1. The number of amides is 1. The second kappa shape index (κ2) is 13.0. The fourth-order valence-electron chi connectivity index (χ4n) is 4.28. The van der Waals surface area contributed by atoms with Gasteiger partial charge in [-0.05, 0) is 77.9 Å². The van der Waals surface area contributed by atoms with Crippen LogP contribution in [-0.4, -0.2) is 36.3 Å². The van der Waals surface area contributed by atoms with Gasteiger partial charge in [0.15, 0.2) is 0 Å². The van der Waals surface area contributed by atoms with Gasteiger partial charge >= 0.3 is 5.97 Å². The van der Waals surface area contributed by atoms with Crippen molar-refractivity contribution in [3.8, 4) is 5.75 Å². The van der Waals surface area contributed by atoms with Crippen molar-refractivity contribution >= 4 is 51.3 Å². The van der Waals surface area contributed by atoms with E-state index in [-0.39, 0.29) is 24.9 Å². The highest BCUT2D eigenvalue weighted by Gasteiger charge is 2.13. The standard InChI is InChI=1S/C32H31ClN4O4/c1-19(20-3-5-21(6-4-20)32(40)36-14-13-31(38)39)37-30(18-29(35)27-17-25(34)10-12-28(27)33)24-8-7-23-16-26(41-2)11-9-22(23)15-24/h3-12,15-19H,13-14,34-35H2,1-2H3,(H,36,40)(H,38,39). The summed E-state index contributed by atoms with van der Waals surface area (Å²) in [5.41, 5.74) is 16.9. The largest absolute Gasteiger partial charge is 0.497 e. The van der Waals surface area contributed by atoms with Gasteiger partial charge in [-0.3, -0.25) is 14.6 Å².